The highest BCUT2D eigenvalue weighted by Crippen LogP contribution is 2.35. The molecule has 0 saturated heterocycles. The van der Waals surface area contributed by atoms with Gasteiger partial charge in [0, 0.05) is 5.56 Å². The summed E-state index contributed by atoms with van der Waals surface area (Å²) in [6.07, 6.45) is -4.61. The van der Waals surface area contributed by atoms with E-state index in [0.29, 0.717) is 12.1 Å². The van der Waals surface area contributed by atoms with E-state index in [1.165, 1.54) is 0 Å². The summed E-state index contributed by atoms with van der Waals surface area (Å²) in [5, 5.41) is 8.72. The third-order valence-electron chi connectivity index (χ3n) is 2.18. The van der Waals surface area contributed by atoms with Crippen LogP contribution in [0.25, 0.3) is 0 Å². The molecule has 0 fully saturated rings. The van der Waals surface area contributed by atoms with Gasteiger partial charge in [-0.15, -0.1) is 0 Å². The number of carbonyl (C=O) groups excluding carboxylic acids is 1. The number of carbonyl (C=O) groups is 1. The number of Topliss-reactive ketones (excluding diaryl/α,β-unsaturated/α-hetero) is 1. The van der Waals surface area contributed by atoms with Gasteiger partial charge in [-0.25, -0.2) is 0 Å². The number of rotatable bonds is 3. The predicted octanol–water partition coefficient (Wildman–Crippen LogP) is 3.16. The number of ketones is 1. The lowest BCUT2D eigenvalue weighted by atomic mass is 10.0. The van der Waals surface area contributed by atoms with Crippen LogP contribution in [0.3, 0.4) is 0 Å². The quantitative estimate of drug-likeness (QED) is 0.634. The molecule has 0 aliphatic carbocycles. The summed E-state index contributed by atoms with van der Waals surface area (Å²) in [5.41, 5.74) is -1.53. The average molecular weight is 322 g/mol. The first kappa shape index (κ1) is 14.5. The van der Waals surface area contributed by atoms with Crippen LogP contribution in [0.15, 0.2) is 12.1 Å². The second kappa shape index (κ2) is 5.40. The highest BCUT2D eigenvalue weighted by atomic mass is 79.9. The minimum atomic E-state index is -4.61. The molecular weight excluding hydrogens is 315 g/mol. The van der Waals surface area contributed by atoms with Crippen LogP contribution in [0.4, 0.5) is 13.2 Å². The third kappa shape index (κ3) is 2.82. The van der Waals surface area contributed by atoms with Gasteiger partial charge in [-0.3, -0.25) is 4.79 Å². The van der Waals surface area contributed by atoms with Gasteiger partial charge in [0.2, 0.25) is 0 Å². The molecule has 0 N–H and O–H groups in total. The van der Waals surface area contributed by atoms with Crippen molar-refractivity contribution in [3.8, 4) is 11.8 Å². The lowest BCUT2D eigenvalue weighted by Gasteiger charge is -2.12. The van der Waals surface area contributed by atoms with Gasteiger partial charge in [0.25, 0.3) is 0 Å². The number of hydrogen-bond acceptors (Lipinski definition) is 3. The molecule has 0 spiro atoms. The van der Waals surface area contributed by atoms with Crippen molar-refractivity contribution in [3.05, 3.63) is 28.8 Å². The number of halogens is 4. The van der Waals surface area contributed by atoms with Crippen molar-refractivity contribution >= 4 is 21.7 Å². The van der Waals surface area contributed by atoms with Gasteiger partial charge in [0.05, 0.1) is 18.0 Å². The normalized spacial score (nSPS) is 10.9. The maximum atomic E-state index is 12.6. The second-order valence-electron chi connectivity index (χ2n) is 3.27. The molecule has 0 heterocycles. The van der Waals surface area contributed by atoms with Crippen molar-refractivity contribution in [1.82, 2.24) is 0 Å². The van der Waals surface area contributed by atoms with Crippen molar-refractivity contribution in [2.45, 2.75) is 6.18 Å². The zero-order valence-corrected chi connectivity index (χ0v) is 10.7. The summed E-state index contributed by atoms with van der Waals surface area (Å²) in [6, 6.07) is 3.03. The molecule has 0 unspecified atom stereocenters. The zero-order chi connectivity index (χ0) is 13.9. The molecule has 96 valence electrons. The molecule has 7 heteroatoms. The molecule has 0 saturated carbocycles. The fraction of sp³-hybridized carbons (Fsp3) is 0.273. The molecule has 0 aliphatic heterocycles. The van der Waals surface area contributed by atoms with Crippen LogP contribution >= 0.6 is 15.9 Å². The lowest BCUT2D eigenvalue weighted by molar-refractivity contribution is -0.137. The summed E-state index contributed by atoms with van der Waals surface area (Å²) in [4.78, 5) is 11.5. The first-order chi connectivity index (χ1) is 8.35. The standard InChI is InChI=1S/C11H7BrF3NO2/c1-18-10-3-6(11(13,14)15)2-7(8(10)5-16)9(17)4-12/h2-3H,4H2,1H3. The minimum absolute atomic E-state index is 0.174. The Bertz CT molecular complexity index is 520. The van der Waals surface area contributed by atoms with E-state index in [-0.39, 0.29) is 22.2 Å². The molecule has 0 aliphatic rings. The zero-order valence-electron chi connectivity index (χ0n) is 9.14. The number of nitrogens with zero attached hydrogens (tertiary/aromatic N) is 1. The van der Waals surface area contributed by atoms with Crippen LogP contribution in [0, 0.1) is 11.3 Å². The summed E-state index contributed by atoms with van der Waals surface area (Å²) in [6.45, 7) is 0. The Kier molecular flexibility index (Phi) is 4.35. The number of benzene rings is 1. The van der Waals surface area contributed by atoms with E-state index in [0.717, 1.165) is 7.11 Å². The maximum Gasteiger partial charge on any atom is 0.416 e. The van der Waals surface area contributed by atoms with Gasteiger partial charge >= 0.3 is 6.18 Å². The number of methoxy groups -OCH3 is 1. The van der Waals surface area contributed by atoms with E-state index in [4.69, 9.17) is 10.00 Å². The molecular formula is C11H7BrF3NO2. The van der Waals surface area contributed by atoms with Gasteiger partial charge in [0.15, 0.2) is 5.78 Å². The van der Waals surface area contributed by atoms with Crippen LogP contribution in [0.2, 0.25) is 0 Å². The van der Waals surface area contributed by atoms with Crippen LogP contribution in [0.5, 0.6) is 5.75 Å². The molecule has 3 nitrogen and oxygen atoms in total. The van der Waals surface area contributed by atoms with Gasteiger partial charge < -0.3 is 4.74 Å². The van der Waals surface area contributed by atoms with E-state index in [2.05, 4.69) is 15.9 Å². The summed E-state index contributed by atoms with van der Waals surface area (Å²) in [5.74, 6) is -0.882. The molecule has 0 radical (unpaired) electrons. The number of hydrogen-bond donors (Lipinski definition) is 0. The maximum absolute atomic E-state index is 12.6. The molecule has 1 rings (SSSR count). The summed E-state index contributed by atoms with van der Waals surface area (Å²) < 4.78 is 42.6. The molecule has 0 amide bonds. The van der Waals surface area contributed by atoms with E-state index in [1.807, 2.05) is 0 Å². The Balaban J connectivity index is 3.57. The van der Waals surface area contributed by atoms with Crippen LogP contribution in [-0.4, -0.2) is 18.2 Å². The van der Waals surface area contributed by atoms with Gasteiger partial charge in [-0.2, -0.15) is 18.4 Å². The molecule has 0 atom stereocenters. The molecule has 1 aromatic carbocycles. The Labute approximate surface area is 109 Å². The van der Waals surface area contributed by atoms with E-state index in [9.17, 15) is 18.0 Å². The number of nitriles is 1. The highest BCUT2D eigenvalue weighted by molar-refractivity contribution is 9.09. The van der Waals surface area contributed by atoms with Gasteiger partial charge in [-0.1, -0.05) is 15.9 Å². The van der Waals surface area contributed by atoms with Crippen LogP contribution in [-0.2, 0) is 6.18 Å². The third-order valence-corrected chi connectivity index (χ3v) is 2.69. The van der Waals surface area contributed by atoms with Crippen molar-refractivity contribution in [2.24, 2.45) is 0 Å². The second-order valence-corrected chi connectivity index (χ2v) is 3.83. The van der Waals surface area contributed by atoms with Gasteiger partial charge in [-0.05, 0) is 12.1 Å². The summed E-state index contributed by atoms with van der Waals surface area (Å²) in [7, 11) is 1.14. The van der Waals surface area contributed by atoms with E-state index in [1.54, 1.807) is 6.07 Å². The molecule has 18 heavy (non-hydrogen) atoms. The molecule has 0 aromatic heterocycles. The Morgan fingerprint density at radius 2 is 2.11 bits per heavy atom. The van der Waals surface area contributed by atoms with Crippen molar-refractivity contribution < 1.29 is 22.7 Å². The van der Waals surface area contributed by atoms with Crippen LogP contribution < -0.4 is 4.74 Å². The van der Waals surface area contributed by atoms with Crippen molar-refractivity contribution in [3.63, 3.8) is 0 Å². The minimum Gasteiger partial charge on any atom is -0.495 e. The van der Waals surface area contributed by atoms with Crippen LogP contribution in [0.1, 0.15) is 21.5 Å². The summed E-state index contributed by atoms with van der Waals surface area (Å²) >= 11 is 2.86. The van der Waals surface area contributed by atoms with Crippen molar-refractivity contribution in [1.29, 1.82) is 5.26 Å². The first-order valence-electron chi connectivity index (χ1n) is 4.63. The smallest absolute Gasteiger partial charge is 0.416 e. The lowest BCUT2D eigenvalue weighted by Crippen LogP contribution is -2.11. The van der Waals surface area contributed by atoms with Gasteiger partial charge in [0.1, 0.15) is 17.4 Å². The fourth-order valence-corrected chi connectivity index (χ4v) is 1.65. The molecule has 0 bridgehead atoms. The largest absolute Gasteiger partial charge is 0.495 e. The Morgan fingerprint density at radius 3 is 2.50 bits per heavy atom. The first-order valence-corrected chi connectivity index (χ1v) is 5.75. The monoisotopic (exact) mass is 321 g/mol. The van der Waals surface area contributed by atoms with E-state index < -0.39 is 17.5 Å². The number of ether oxygens (including phenoxy) is 1. The number of alkyl halides is 4. The van der Waals surface area contributed by atoms with Crippen molar-refractivity contribution in [2.75, 3.05) is 12.4 Å². The predicted molar refractivity (Wildman–Crippen MR) is 60.8 cm³/mol. The Hall–Kier alpha value is -1.55. The highest BCUT2D eigenvalue weighted by Gasteiger charge is 2.33. The topological polar surface area (TPSA) is 50.1 Å². The SMILES string of the molecule is COc1cc(C(F)(F)F)cc(C(=O)CBr)c1C#N. The molecule has 1 aromatic rings. The fourth-order valence-electron chi connectivity index (χ4n) is 1.35. The Morgan fingerprint density at radius 1 is 1.50 bits per heavy atom. The van der Waals surface area contributed by atoms with E-state index >= 15 is 0 Å². The average Bonchev–Trinajstić information content (AvgIpc) is 2.34.